The Labute approximate surface area is 198 Å². The number of aryl methyl sites for hydroxylation is 5. The summed E-state index contributed by atoms with van der Waals surface area (Å²) in [5.74, 6) is -1.73. The normalized spacial score (nSPS) is 14.0. The first-order chi connectivity index (χ1) is 16.1. The molecule has 0 saturated heterocycles. The van der Waals surface area contributed by atoms with Crippen LogP contribution in [0.25, 0.3) is 0 Å². The van der Waals surface area contributed by atoms with Crippen LogP contribution in [-0.4, -0.2) is 17.7 Å². The monoisotopic (exact) mass is 455 g/mol. The van der Waals surface area contributed by atoms with E-state index in [4.69, 9.17) is 9.47 Å². The smallest absolute Gasteiger partial charge is 0.361 e. The second-order valence-electron chi connectivity index (χ2n) is 8.58. The first kappa shape index (κ1) is 23.0. The number of nitrogens with one attached hydrogen (secondary N) is 1. The first-order valence-corrected chi connectivity index (χ1v) is 10.9. The molecule has 3 aromatic rings. The minimum atomic E-state index is -0.933. The molecule has 1 aliphatic heterocycles. The molecule has 4 rings (SSSR count). The van der Waals surface area contributed by atoms with Crippen LogP contribution in [0.4, 0.5) is 5.69 Å². The van der Waals surface area contributed by atoms with Crippen molar-refractivity contribution in [2.45, 2.75) is 34.6 Å². The SMILES string of the molecule is Cc1cccc(C(=O)C(C(=O)Oc2c(C)cc(C)cc2C)=C2Nc3cc(C)ccc3OC2=O)c1. The van der Waals surface area contributed by atoms with Gasteiger partial charge in [0.05, 0.1) is 5.69 Å². The molecule has 1 N–H and O–H groups in total. The predicted octanol–water partition coefficient (Wildman–Crippen LogP) is 5.30. The molecule has 0 atom stereocenters. The van der Waals surface area contributed by atoms with E-state index in [-0.39, 0.29) is 11.3 Å². The first-order valence-electron chi connectivity index (χ1n) is 10.9. The molecule has 0 unspecified atom stereocenters. The average molecular weight is 456 g/mol. The van der Waals surface area contributed by atoms with Gasteiger partial charge in [-0.25, -0.2) is 9.59 Å². The summed E-state index contributed by atoms with van der Waals surface area (Å²) in [4.78, 5) is 40.0. The zero-order valence-corrected chi connectivity index (χ0v) is 19.7. The largest absolute Gasteiger partial charge is 0.422 e. The number of esters is 2. The second kappa shape index (κ2) is 8.98. The van der Waals surface area contributed by atoms with Gasteiger partial charge in [0, 0.05) is 5.56 Å². The van der Waals surface area contributed by atoms with Gasteiger partial charge < -0.3 is 14.8 Å². The predicted molar refractivity (Wildman–Crippen MR) is 129 cm³/mol. The van der Waals surface area contributed by atoms with E-state index in [2.05, 4.69) is 5.32 Å². The van der Waals surface area contributed by atoms with E-state index < -0.39 is 23.3 Å². The number of anilines is 1. The average Bonchev–Trinajstić information content (AvgIpc) is 2.77. The molecule has 0 radical (unpaired) electrons. The van der Waals surface area contributed by atoms with E-state index >= 15 is 0 Å². The summed E-state index contributed by atoms with van der Waals surface area (Å²) >= 11 is 0. The van der Waals surface area contributed by atoms with Crippen molar-refractivity contribution in [1.82, 2.24) is 0 Å². The van der Waals surface area contributed by atoms with E-state index in [1.165, 1.54) is 0 Å². The molecule has 0 amide bonds. The zero-order valence-electron chi connectivity index (χ0n) is 19.7. The van der Waals surface area contributed by atoms with Crippen molar-refractivity contribution in [2.24, 2.45) is 0 Å². The highest BCUT2D eigenvalue weighted by Crippen LogP contribution is 2.34. The number of ether oxygens (including phenoxy) is 2. The zero-order chi connectivity index (χ0) is 24.6. The van der Waals surface area contributed by atoms with Crippen molar-refractivity contribution in [1.29, 1.82) is 0 Å². The van der Waals surface area contributed by atoms with Gasteiger partial charge in [-0.15, -0.1) is 0 Å². The third-order valence-electron chi connectivity index (χ3n) is 5.56. The minimum Gasteiger partial charge on any atom is -0.422 e. The van der Waals surface area contributed by atoms with Crippen molar-refractivity contribution in [3.05, 3.63) is 99.2 Å². The van der Waals surface area contributed by atoms with Crippen molar-refractivity contribution in [2.75, 3.05) is 5.32 Å². The fraction of sp³-hybridized carbons (Fsp3) is 0.179. The van der Waals surface area contributed by atoms with Crippen LogP contribution in [0.1, 0.15) is 38.2 Å². The van der Waals surface area contributed by atoms with Gasteiger partial charge in [0.2, 0.25) is 5.78 Å². The van der Waals surface area contributed by atoms with Crippen LogP contribution >= 0.6 is 0 Å². The maximum Gasteiger partial charge on any atom is 0.361 e. The number of carbonyl (C=O) groups is 3. The summed E-state index contributed by atoms with van der Waals surface area (Å²) in [7, 11) is 0. The molecule has 6 nitrogen and oxygen atoms in total. The molecule has 0 spiro atoms. The molecule has 34 heavy (non-hydrogen) atoms. The molecule has 172 valence electrons. The van der Waals surface area contributed by atoms with E-state index in [9.17, 15) is 14.4 Å². The Kier molecular flexibility index (Phi) is 6.07. The van der Waals surface area contributed by atoms with Crippen LogP contribution in [0, 0.1) is 34.6 Å². The van der Waals surface area contributed by atoms with E-state index in [1.807, 2.05) is 52.8 Å². The molecule has 0 fully saturated rings. The third-order valence-corrected chi connectivity index (χ3v) is 5.56. The van der Waals surface area contributed by atoms with Crippen LogP contribution in [0.5, 0.6) is 11.5 Å². The Hall–Kier alpha value is -4.19. The van der Waals surface area contributed by atoms with Crippen molar-refractivity contribution < 1.29 is 23.9 Å². The summed E-state index contributed by atoms with van der Waals surface area (Å²) in [6.45, 7) is 9.32. The lowest BCUT2D eigenvalue weighted by Crippen LogP contribution is -2.31. The fourth-order valence-electron chi connectivity index (χ4n) is 4.04. The highest BCUT2D eigenvalue weighted by molar-refractivity contribution is 6.28. The Morgan fingerprint density at radius 3 is 2.18 bits per heavy atom. The van der Waals surface area contributed by atoms with E-state index in [0.29, 0.717) is 17.2 Å². The Bertz CT molecular complexity index is 1360. The topological polar surface area (TPSA) is 81.7 Å². The van der Waals surface area contributed by atoms with Crippen molar-refractivity contribution in [3.8, 4) is 11.5 Å². The lowest BCUT2D eigenvalue weighted by atomic mass is 9.99. The number of Topliss-reactive ketones (excluding diaryl/α,β-unsaturated/α-hetero) is 1. The molecule has 6 heteroatoms. The maximum absolute atomic E-state index is 13.6. The van der Waals surface area contributed by atoms with Crippen molar-refractivity contribution >= 4 is 23.4 Å². The summed E-state index contributed by atoms with van der Waals surface area (Å²) in [6.07, 6.45) is 0. The Morgan fingerprint density at radius 2 is 1.50 bits per heavy atom. The van der Waals surface area contributed by atoms with Crippen LogP contribution in [-0.2, 0) is 9.59 Å². The highest BCUT2D eigenvalue weighted by Gasteiger charge is 2.34. The van der Waals surface area contributed by atoms with Gasteiger partial charge in [0.25, 0.3) is 0 Å². The molecular formula is C28H25NO5. The molecule has 0 saturated carbocycles. The third kappa shape index (κ3) is 4.48. The quantitative estimate of drug-likeness (QED) is 0.144. The summed E-state index contributed by atoms with van der Waals surface area (Å²) in [5.41, 5.74) is 4.36. The molecule has 0 bridgehead atoms. The van der Waals surface area contributed by atoms with E-state index in [1.54, 1.807) is 36.4 Å². The Morgan fingerprint density at radius 1 is 0.824 bits per heavy atom. The fourth-order valence-corrected chi connectivity index (χ4v) is 4.04. The molecule has 0 aliphatic carbocycles. The molecule has 0 aromatic heterocycles. The van der Waals surface area contributed by atoms with Crippen molar-refractivity contribution in [3.63, 3.8) is 0 Å². The van der Waals surface area contributed by atoms with Crippen LogP contribution < -0.4 is 14.8 Å². The highest BCUT2D eigenvalue weighted by atomic mass is 16.5. The molecule has 1 aliphatic rings. The number of ketones is 1. The number of carbonyl (C=O) groups excluding carboxylic acids is 3. The minimum absolute atomic E-state index is 0.253. The number of hydrogen-bond donors (Lipinski definition) is 1. The van der Waals surface area contributed by atoms with Crippen LogP contribution in [0.15, 0.2) is 65.9 Å². The van der Waals surface area contributed by atoms with Gasteiger partial charge in [0.1, 0.15) is 17.0 Å². The number of benzene rings is 3. The van der Waals surface area contributed by atoms with Gasteiger partial charge in [-0.1, -0.05) is 47.5 Å². The van der Waals surface area contributed by atoms with Crippen LogP contribution in [0.3, 0.4) is 0 Å². The summed E-state index contributed by atoms with van der Waals surface area (Å²) in [6, 6.07) is 15.8. The second-order valence-corrected chi connectivity index (χ2v) is 8.58. The Balaban J connectivity index is 1.85. The van der Waals surface area contributed by atoms with Gasteiger partial charge in [-0.2, -0.15) is 0 Å². The maximum atomic E-state index is 13.6. The lowest BCUT2D eigenvalue weighted by Gasteiger charge is -2.22. The number of rotatable bonds is 4. The number of hydrogen-bond acceptors (Lipinski definition) is 6. The lowest BCUT2D eigenvalue weighted by molar-refractivity contribution is -0.133. The number of fused-ring (bicyclic) bond motifs is 1. The van der Waals surface area contributed by atoms with Crippen LogP contribution in [0.2, 0.25) is 0 Å². The van der Waals surface area contributed by atoms with Gasteiger partial charge in [-0.05, 0) is 69.5 Å². The summed E-state index contributed by atoms with van der Waals surface area (Å²) in [5, 5.41) is 2.94. The van der Waals surface area contributed by atoms with E-state index in [0.717, 1.165) is 27.8 Å². The molecule has 3 aromatic carbocycles. The summed E-state index contributed by atoms with van der Waals surface area (Å²) < 4.78 is 11.1. The van der Waals surface area contributed by atoms with Gasteiger partial charge in [0.15, 0.2) is 5.75 Å². The standard InChI is InChI=1S/C28H25NO5/c1-15-7-6-8-20(13-15)25(30)23(27(31)34-26-18(4)11-17(3)12-19(26)5)24-28(32)33-22-10-9-16(2)14-21(22)29-24/h6-14,29H,1-5H3. The molecular weight excluding hydrogens is 430 g/mol. The van der Waals surface area contributed by atoms with Gasteiger partial charge in [-0.3, -0.25) is 4.79 Å². The van der Waals surface area contributed by atoms with Gasteiger partial charge >= 0.3 is 11.9 Å². The molecule has 1 heterocycles.